The van der Waals surface area contributed by atoms with Crippen molar-refractivity contribution in [1.82, 2.24) is 4.72 Å². The van der Waals surface area contributed by atoms with Gasteiger partial charge in [0.15, 0.2) is 0 Å². The van der Waals surface area contributed by atoms with Gasteiger partial charge < -0.3 is 14.7 Å². The highest BCUT2D eigenvalue weighted by Gasteiger charge is 2.44. The number of hydrogen-bond donors (Lipinski definition) is 2. The van der Waals surface area contributed by atoms with Crippen molar-refractivity contribution in [2.75, 3.05) is 24.6 Å². The number of anilines is 1. The summed E-state index contributed by atoms with van der Waals surface area (Å²) in [6, 6.07) is 11.4. The molecule has 0 bridgehead atoms. The highest BCUT2D eigenvalue weighted by Crippen LogP contribution is 2.46. The fourth-order valence-electron chi connectivity index (χ4n) is 8.11. The number of fused-ring (bicyclic) bond motifs is 3. The number of halogens is 1. The molecule has 5 rings (SSSR count). The molecule has 0 aromatic heterocycles. The molecule has 1 aliphatic heterocycles. The van der Waals surface area contributed by atoms with Gasteiger partial charge >= 0.3 is 0 Å². The molecular formula is C40H55ClN2O5S. The van der Waals surface area contributed by atoms with E-state index in [4.69, 9.17) is 16.3 Å². The second-order valence-electron chi connectivity index (χ2n) is 14.6. The van der Waals surface area contributed by atoms with Crippen LogP contribution in [0.25, 0.3) is 0 Å². The van der Waals surface area contributed by atoms with Gasteiger partial charge in [-0.2, -0.15) is 0 Å². The Labute approximate surface area is 299 Å². The predicted octanol–water partition coefficient (Wildman–Crippen LogP) is 8.39. The molecule has 1 saturated carbocycles. The van der Waals surface area contributed by atoms with E-state index in [0.717, 1.165) is 74.9 Å². The molecule has 9 heteroatoms. The van der Waals surface area contributed by atoms with Crippen molar-refractivity contribution in [3.8, 4) is 5.75 Å². The molecule has 0 unspecified atom stereocenters. The van der Waals surface area contributed by atoms with E-state index in [0.29, 0.717) is 31.9 Å². The highest BCUT2D eigenvalue weighted by atomic mass is 35.5. The summed E-state index contributed by atoms with van der Waals surface area (Å²) in [5.74, 6) is 0.336. The topological polar surface area (TPSA) is 95.9 Å². The number of carbonyl (C=O) groups is 1. The number of ether oxygens (including phenoxy) is 1. The summed E-state index contributed by atoms with van der Waals surface area (Å²) in [6.45, 7) is 11.6. The zero-order valence-corrected chi connectivity index (χ0v) is 31.1. The number of aliphatic hydroxyl groups is 1. The second-order valence-corrected chi connectivity index (χ2v) is 17.1. The van der Waals surface area contributed by atoms with Crippen LogP contribution in [0.1, 0.15) is 106 Å². The number of nitrogens with one attached hydrogen (secondary N) is 1. The lowest BCUT2D eigenvalue weighted by atomic mass is 9.68. The van der Waals surface area contributed by atoms with Crippen molar-refractivity contribution in [2.24, 2.45) is 17.8 Å². The molecule has 1 fully saturated rings. The Morgan fingerprint density at radius 2 is 2.02 bits per heavy atom. The number of aryl methyl sites for hydroxylation is 1. The van der Waals surface area contributed by atoms with E-state index in [-0.39, 0.29) is 28.7 Å². The monoisotopic (exact) mass is 710 g/mol. The molecule has 0 radical (unpaired) electrons. The van der Waals surface area contributed by atoms with Crippen molar-refractivity contribution in [1.29, 1.82) is 0 Å². The first-order valence-corrected chi connectivity index (χ1v) is 20.3. The molecule has 1 heterocycles. The van der Waals surface area contributed by atoms with Gasteiger partial charge in [-0.3, -0.25) is 4.79 Å². The average Bonchev–Trinajstić information content (AvgIpc) is 3.21. The number of aliphatic hydroxyl groups excluding tert-OH is 1. The molecule has 1 spiro atoms. The summed E-state index contributed by atoms with van der Waals surface area (Å²) in [5.41, 5.74) is 3.28. The minimum atomic E-state index is -3.94. The van der Waals surface area contributed by atoms with E-state index in [1.807, 2.05) is 12.1 Å². The van der Waals surface area contributed by atoms with Gasteiger partial charge in [-0.25, -0.2) is 13.1 Å². The van der Waals surface area contributed by atoms with Crippen LogP contribution in [0.3, 0.4) is 0 Å². The van der Waals surface area contributed by atoms with Gasteiger partial charge in [0.2, 0.25) is 10.0 Å². The molecule has 6 atom stereocenters. The lowest BCUT2D eigenvalue weighted by Crippen LogP contribution is -2.49. The summed E-state index contributed by atoms with van der Waals surface area (Å²) in [6.07, 6.45) is 15.4. The number of sulfonamides is 1. The Bertz CT molecular complexity index is 1610. The Hall–Kier alpha value is -2.81. The Balaban J connectivity index is 1.45. The molecule has 3 aliphatic rings. The number of benzene rings is 2. The van der Waals surface area contributed by atoms with Gasteiger partial charge in [0.25, 0.3) is 5.91 Å². The fourth-order valence-corrected chi connectivity index (χ4v) is 9.62. The average molecular weight is 711 g/mol. The third-order valence-corrected chi connectivity index (χ3v) is 13.3. The van der Waals surface area contributed by atoms with Crippen molar-refractivity contribution in [2.45, 2.75) is 108 Å². The van der Waals surface area contributed by atoms with Crippen LogP contribution in [0.15, 0.2) is 61.2 Å². The quantitative estimate of drug-likeness (QED) is 0.180. The lowest BCUT2D eigenvalue weighted by Gasteiger charge is -2.45. The standard InChI is InChI=1S/C40H55ClN2O5S/c1-5-8-10-15-37(44)34-19-16-32(34)25-43-26-40(22-11-14-30-23-33(41)18-20-35(30)40)27-48-38-21-17-31(24-36(38)43)39(45)42-49(46,47)28(4)29(12-7-3)13-9-6-2/h7,10,15,17-18,20-21,23-24,28-29,32,34,37,44H,3,5-6,8-9,11-14,16,19,22,25-27H2,1-2,4H3,(H,42,45)/b15-10+/t28-,29+,32+,34-,37+,40+/m1/s1. The van der Waals surface area contributed by atoms with Crippen LogP contribution >= 0.6 is 11.6 Å². The predicted molar refractivity (Wildman–Crippen MR) is 200 cm³/mol. The molecule has 1 amide bonds. The first-order chi connectivity index (χ1) is 23.5. The maximum Gasteiger partial charge on any atom is 0.264 e. The van der Waals surface area contributed by atoms with Crippen molar-refractivity contribution in [3.05, 3.63) is 82.9 Å². The van der Waals surface area contributed by atoms with E-state index in [1.54, 1.807) is 31.2 Å². The SMILES string of the molecule is C=CC[C@@H](CCCC)[C@@H](C)S(=O)(=O)NC(=O)c1ccc2c(c1)N(C[C@@H]1CC[C@H]1[C@@H](O)/C=C/CCC)C[C@@]1(CCCc3cc(Cl)ccc31)CO2. The molecule has 268 valence electrons. The number of nitrogens with zero attached hydrogens (tertiary/aromatic N) is 1. The maximum absolute atomic E-state index is 13.7. The summed E-state index contributed by atoms with van der Waals surface area (Å²) in [4.78, 5) is 16.0. The van der Waals surface area contributed by atoms with Crippen LogP contribution in [0, 0.1) is 17.8 Å². The molecule has 2 aliphatic carbocycles. The molecule has 2 N–H and O–H groups in total. The smallest absolute Gasteiger partial charge is 0.264 e. The number of rotatable bonds is 15. The van der Waals surface area contributed by atoms with Gasteiger partial charge in [-0.05, 0) is 118 Å². The Morgan fingerprint density at radius 3 is 2.73 bits per heavy atom. The normalized spacial score (nSPS) is 23.8. The zero-order valence-electron chi connectivity index (χ0n) is 29.5. The molecule has 7 nitrogen and oxygen atoms in total. The van der Waals surface area contributed by atoms with Gasteiger partial charge in [-0.15, -0.1) is 6.58 Å². The third kappa shape index (κ3) is 8.57. The molecule has 2 aromatic rings. The summed E-state index contributed by atoms with van der Waals surface area (Å²) in [7, 11) is -3.94. The van der Waals surface area contributed by atoms with E-state index >= 15 is 0 Å². The van der Waals surface area contributed by atoms with Gasteiger partial charge in [0, 0.05) is 29.1 Å². The highest BCUT2D eigenvalue weighted by molar-refractivity contribution is 7.90. The first kappa shape index (κ1) is 37.4. The molecular weight excluding hydrogens is 656 g/mol. The van der Waals surface area contributed by atoms with Crippen molar-refractivity contribution >= 4 is 33.2 Å². The van der Waals surface area contributed by atoms with Gasteiger partial charge in [0.05, 0.1) is 23.6 Å². The first-order valence-electron chi connectivity index (χ1n) is 18.3. The summed E-state index contributed by atoms with van der Waals surface area (Å²) >= 11 is 6.44. The van der Waals surface area contributed by atoms with E-state index in [2.05, 4.69) is 48.3 Å². The van der Waals surface area contributed by atoms with Gasteiger partial charge in [-0.1, -0.05) is 69.0 Å². The Kier molecular flexibility index (Phi) is 12.6. The van der Waals surface area contributed by atoms with E-state index in [9.17, 15) is 18.3 Å². The zero-order chi connectivity index (χ0) is 35.2. The minimum absolute atomic E-state index is 0.120. The number of unbranched alkanes of at least 4 members (excludes halogenated alkanes) is 2. The van der Waals surface area contributed by atoms with Crippen LogP contribution < -0.4 is 14.4 Å². The number of allylic oxidation sites excluding steroid dienone is 2. The summed E-state index contributed by atoms with van der Waals surface area (Å²) in [5, 5.41) is 11.1. The second kappa shape index (κ2) is 16.5. The fraction of sp³-hybridized carbons (Fsp3) is 0.575. The number of amides is 1. The van der Waals surface area contributed by atoms with E-state index < -0.39 is 27.3 Å². The van der Waals surface area contributed by atoms with Crippen molar-refractivity contribution < 1.29 is 23.1 Å². The minimum Gasteiger partial charge on any atom is -0.490 e. The Morgan fingerprint density at radius 1 is 1.20 bits per heavy atom. The number of hydrogen-bond acceptors (Lipinski definition) is 6. The van der Waals surface area contributed by atoms with Crippen LogP contribution in [0.5, 0.6) is 5.75 Å². The van der Waals surface area contributed by atoms with Crippen LogP contribution in [0.4, 0.5) is 5.69 Å². The van der Waals surface area contributed by atoms with Gasteiger partial charge in [0.1, 0.15) is 5.75 Å². The third-order valence-electron chi connectivity index (χ3n) is 11.2. The van der Waals surface area contributed by atoms with Crippen LogP contribution in [0.2, 0.25) is 5.02 Å². The summed E-state index contributed by atoms with van der Waals surface area (Å²) < 4.78 is 36.0. The lowest BCUT2D eigenvalue weighted by molar-refractivity contribution is 0.0456. The van der Waals surface area contributed by atoms with E-state index in [1.165, 1.54) is 11.1 Å². The molecule has 49 heavy (non-hydrogen) atoms. The van der Waals surface area contributed by atoms with Crippen LogP contribution in [-0.2, 0) is 21.9 Å². The largest absolute Gasteiger partial charge is 0.490 e. The van der Waals surface area contributed by atoms with Crippen molar-refractivity contribution in [3.63, 3.8) is 0 Å². The maximum atomic E-state index is 13.7. The van der Waals surface area contributed by atoms with Crippen LogP contribution in [-0.4, -0.2) is 50.5 Å². The molecule has 2 aromatic carbocycles. The number of carbonyl (C=O) groups excluding carboxylic acids is 1. The molecule has 0 saturated heterocycles.